The first-order valence-electron chi connectivity index (χ1n) is 6.20. The van der Waals surface area contributed by atoms with E-state index in [9.17, 15) is 4.79 Å². The van der Waals surface area contributed by atoms with Crippen molar-refractivity contribution in [2.75, 3.05) is 12.0 Å². The summed E-state index contributed by atoms with van der Waals surface area (Å²) < 4.78 is 5.55. The maximum atomic E-state index is 12.0. The van der Waals surface area contributed by atoms with Crippen LogP contribution in [0.2, 0.25) is 0 Å². The number of nitrogens with one attached hydrogen (secondary N) is 2. The highest BCUT2D eigenvalue weighted by molar-refractivity contribution is 5.94. The summed E-state index contributed by atoms with van der Waals surface area (Å²) in [5.41, 5.74) is 3.93. The molecular formula is C13H19N3O2. The third-order valence-electron chi connectivity index (χ3n) is 3.20. The molecule has 2 unspecified atom stereocenters. The van der Waals surface area contributed by atoms with Crippen molar-refractivity contribution in [1.29, 1.82) is 0 Å². The highest BCUT2D eigenvalue weighted by Gasteiger charge is 2.23. The highest BCUT2D eigenvalue weighted by Crippen LogP contribution is 2.16. The van der Waals surface area contributed by atoms with Crippen LogP contribution in [-0.2, 0) is 4.74 Å². The van der Waals surface area contributed by atoms with Crippen LogP contribution in [0.1, 0.15) is 30.1 Å². The lowest BCUT2D eigenvalue weighted by Gasteiger charge is -2.20. The largest absolute Gasteiger partial charge is 0.376 e. The van der Waals surface area contributed by atoms with E-state index in [1.54, 1.807) is 24.3 Å². The third kappa shape index (κ3) is 3.00. The Morgan fingerprint density at radius 3 is 2.72 bits per heavy atom. The van der Waals surface area contributed by atoms with Crippen LogP contribution in [0.15, 0.2) is 24.3 Å². The maximum Gasteiger partial charge on any atom is 0.251 e. The van der Waals surface area contributed by atoms with E-state index in [2.05, 4.69) is 10.7 Å². The molecule has 0 radical (unpaired) electrons. The Balaban J connectivity index is 1.93. The van der Waals surface area contributed by atoms with Crippen LogP contribution in [-0.4, -0.2) is 24.7 Å². The molecule has 1 amide bonds. The van der Waals surface area contributed by atoms with Gasteiger partial charge in [0.15, 0.2) is 0 Å². The van der Waals surface area contributed by atoms with E-state index < -0.39 is 0 Å². The molecular weight excluding hydrogens is 230 g/mol. The number of ether oxygens (including phenoxy) is 1. The molecule has 1 heterocycles. The molecule has 1 aromatic carbocycles. The van der Waals surface area contributed by atoms with Crippen LogP contribution in [0.25, 0.3) is 0 Å². The van der Waals surface area contributed by atoms with E-state index in [0.717, 1.165) is 25.1 Å². The van der Waals surface area contributed by atoms with E-state index in [1.807, 2.05) is 6.92 Å². The minimum atomic E-state index is -0.0819. The molecule has 0 spiro atoms. The summed E-state index contributed by atoms with van der Waals surface area (Å²) in [6.45, 7) is 2.77. The number of hydrogen-bond donors (Lipinski definition) is 3. The number of anilines is 1. The molecule has 2 rings (SSSR count). The van der Waals surface area contributed by atoms with Crippen molar-refractivity contribution in [3.8, 4) is 0 Å². The van der Waals surface area contributed by atoms with Crippen LogP contribution in [0, 0.1) is 0 Å². The van der Waals surface area contributed by atoms with Crippen molar-refractivity contribution in [1.82, 2.24) is 5.32 Å². The molecule has 5 heteroatoms. The Kier molecular flexibility index (Phi) is 4.17. The molecule has 1 aromatic rings. The normalized spacial score (nSPS) is 20.4. The molecule has 1 aliphatic rings. The lowest BCUT2D eigenvalue weighted by molar-refractivity contribution is 0.0712. The smallest absolute Gasteiger partial charge is 0.251 e. The second-order valence-corrected chi connectivity index (χ2v) is 4.54. The molecule has 0 aromatic heterocycles. The zero-order chi connectivity index (χ0) is 13.0. The van der Waals surface area contributed by atoms with Gasteiger partial charge in [-0.05, 0) is 44.0 Å². The predicted molar refractivity (Wildman–Crippen MR) is 70.2 cm³/mol. The first-order valence-corrected chi connectivity index (χ1v) is 6.20. The van der Waals surface area contributed by atoms with E-state index in [4.69, 9.17) is 10.6 Å². The van der Waals surface area contributed by atoms with Crippen molar-refractivity contribution in [3.63, 3.8) is 0 Å². The van der Waals surface area contributed by atoms with Crippen LogP contribution in [0.4, 0.5) is 5.69 Å². The van der Waals surface area contributed by atoms with Crippen LogP contribution in [0.3, 0.4) is 0 Å². The van der Waals surface area contributed by atoms with Gasteiger partial charge < -0.3 is 15.5 Å². The van der Waals surface area contributed by atoms with Crippen molar-refractivity contribution in [2.45, 2.75) is 31.9 Å². The molecule has 1 aliphatic heterocycles. The van der Waals surface area contributed by atoms with Gasteiger partial charge in [-0.1, -0.05) is 0 Å². The van der Waals surface area contributed by atoms with E-state index in [0.29, 0.717) is 5.56 Å². The fourth-order valence-corrected chi connectivity index (χ4v) is 2.10. The molecule has 98 valence electrons. The topological polar surface area (TPSA) is 76.4 Å². The predicted octanol–water partition coefficient (Wildman–Crippen LogP) is 1.27. The van der Waals surface area contributed by atoms with Gasteiger partial charge in [0.1, 0.15) is 0 Å². The minimum Gasteiger partial charge on any atom is -0.376 e. The van der Waals surface area contributed by atoms with Gasteiger partial charge >= 0.3 is 0 Å². The Hall–Kier alpha value is -1.59. The summed E-state index contributed by atoms with van der Waals surface area (Å²) in [5.74, 6) is 5.19. The minimum absolute atomic E-state index is 0.0345. The molecule has 2 atom stereocenters. The van der Waals surface area contributed by atoms with Crippen LogP contribution < -0.4 is 16.6 Å². The standard InChI is InChI=1S/C13H19N3O2/c1-9(12-3-2-8-18-12)15-13(17)10-4-6-11(16-14)7-5-10/h4-7,9,12,16H,2-3,8,14H2,1H3,(H,15,17). The van der Waals surface area contributed by atoms with Gasteiger partial charge in [0.2, 0.25) is 0 Å². The molecule has 0 bridgehead atoms. The summed E-state index contributed by atoms with van der Waals surface area (Å²) in [4.78, 5) is 12.0. The van der Waals surface area contributed by atoms with E-state index in [1.165, 1.54) is 0 Å². The fraction of sp³-hybridized carbons (Fsp3) is 0.462. The zero-order valence-electron chi connectivity index (χ0n) is 10.5. The molecule has 5 nitrogen and oxygen atoms in total. The molecule has 18 heavy (non-hydrogen) atoms. The van der Waals surface area contributed by atoms with Crippen molar-refractivity contribution < 1.29 is 9.53 Å². The summed E-state index contributed by atoms with van der Waals surface area (Å²) in [5, 5.41) is 2.96. The number of nitrogens with two attached hydrogens (primary N) is 1. The molecule has 1 saturated heterocycles. The van der Waals surface area contributed by atoms with E-state index >= 15 is 0 Å². The van der Waals surface area contributed by atoms with Gasteiger partial charge in [0.25, 0.3) is 5.91 Å². The number of hydrogen-bond acceptors (Lipinski definition) is 4. The highest BCUT2D eigenvalue weighted by atomic mass is 16.5. The number of carbonyl (C=O) groups excluding carboxylic acids is 1. The fourth-order valence-electron chi connectivity index (χ4n) is 2.10. The van der Waals surface area contributed by atoms with Gasteiger partial charge in [-0.3, -0.25) is 10.6 Å². The molecule has 1 fully saturated rings. The van der Waals surface area contributed by atoms with Crippen molar-refractivity contribution in [2.24, 2.45) is 5.84 Å². The first-order chi connectivity index (χ1) is 8.70. The maximum absolute atomic E-state index is 12.0. The average molecular weight is 249 g/mol. The number of amides is 1. The van der Waals surface area contributed by atoms with Crippen molar-refractivity contribution >= 4 is 11.6 Å². The molecule has 0 saturated carbocycles. The number of hydrazine groups is 1. The van der Waals surface area contributed by atoms with Crippen LogP contribution >= 0.6 is 0 Å². The third-order valence-corrected chi connectivity index (χ3v) is 3.20. The van der Waals surface area contributed by atoms with Gasteiger partial charge in [0, 0.05) is 17.9 Å². The Labute approximate surface area is 107 Å². The lowest BCUT2D eigenvalue weighted by atomic mass is 10.1. The number of benzene rings is 1. The quantitative estimate of drug-likeness (QED) is 0.555. The van der Waals surface area contributed by atoms with Crippen LogP contribution in [0.5, 0.6) is 0 Å². The monoisotopic (exact) mass is 249 g/mol. The summed E-state index contributed by atoms with van der Waals surface area (Å²) in [7, 11) is 0. The Bertz CT molecular complexity index is 399. The number of carbonyl (C=O) groups is 1. The number of nitrogen functional groups attached to an aromatic ring is 1. The second kappa shape index (κ2) is 5.84. The second-order valence-electron chi connectivity index (χ2n) is 4.54. The van der Waals surface area contributed by atoms with Gasteiger partial charge in [0.05, 0.1) is 12.1 Å². The van der Waals surface area contributed by atoms with Crippen molar-refractivity contribution in [3.05, 3.63) is 29.8 Å². The van der Waals surface area contributed by atoms with Gasteiger partial charge in [-0.2, -0.15) is 0 Å². The lowest BCUT2D eigenvalue weighted by Crippen LogP contribution is -2.40. The summed E-state index contributed by atoms with van der Waals surface area (Å²) >= 11 is 0. The van der Waals surface area contributed by atoms with E-state index in [-0.39, 0.29) is 18.1 Å². The molecule has 4 N–H and O–H groups in total. The summed E-state index contributed by atoms with van der Waals surface area (Å²) in [6.07, 6.45) is 2.22. The SMILES string of the molecule is CC(NC(=O)c1ccc(NN)cc1)C1CCCO1. The Morgan fingerprint density at radius 2 is 2.17 bits per heavy atom. The summed E-state index contributed by atoms with van der Waals surface area (Å²) in [6, 6.07) is 7.06. The number of rotatable bonds is 4. The van der Waals surface area contributed by atoms with Gasteiger partial charge in [-0.25, -0.2) is 0 Å². The first kappa shape index (κ1) is 12.9. The average Bonchev–Trinajstić information content (AvgIpc) is 2.92. The molecule has 0 aliphatic carbocycles. The van der Waals surface area contributed by atoms with Gasteiger partial charge in [-0.15, -0.1) is 0 Å². The Morgan fingerprint density at radius 1 is 1.44 bits per heavy atom. The zero-order valence-corrected chi connectivity index (χ0v) is 10.5.